The van der Waals surface area contributed by atoms with Gasteiger partial charge in [-0.25, -0.2) is 0 Å². The molecule has 2 N–H and O–H groups in total. The average Bonchev–Trinajstić information content (AvgIpc) is 2.49. The van der Waals surface area contributed by atoms with Crippen LogP contribution in [-0.4, -0.2) is 61.5 Å². The number of rotatable bonds is 10. The van der Waals surface area contributed by atoms with Crippen LogP contribution in [0.4, 0.5) is 0 Å². The first-order valence-corrected chi connectivity index (χ1v) is 8.34. The van der Waals surface area contributed by atoms with Crippen molar-refractivity contribution < 1.29 is 9.84 Å². The minimum absolute atomic E-state index is 0.383. The Bertz CT molecular complexity index is 233. The molecule has 0 aliphatic heterocycles. The standard InChI is InChI=1S/C16H34N2O2/c1-4-14(2)18(3)11-10-17-12-15(19)13-20-16-8-6-5-7-9-16/h14-17,19H,4-13H2,1-3H3. The summed E-state index contributed by atoms with van der Waals surface area (Å²) < 4.78 is 5.78. The van der Waals surface area contributed by atoms with E-state index in [2.05, 4.69) is 31.1 Å². The van der Waals surface area contributed by atoms with Crippen molar-refractivity contribution >= 4 is 0 Å². The van der Waals surface area contributed by atoms with E-state index in [-0.39, 0.29) is 6.10 Å². The fourth-order valence-electron chi connectivity index (χ4n) is 2.59. The molecule has 4 heteroatoms. The van der Waals surface area contributed by atoms with Gasteiger partial charge in [0.25, 0.3) is 0 Å². The molecule has 4 nitrogen and oxygen atoms in total. The summed E-state index contributed by atoms with van der Waals surface area (Å²) in [5.74, 6) is 0. The van der Waals surface area contributed by atoms with E-state index in [1.54, 1.807) is 0 Å². The molecule has 1 aliphatic carbocycles. The number of hydrogen-bond acceptors (Lipinski definition) is 4. The molecule has 0 heterocycles. The second-order valence-electron chi connectivity index (χ2n) is 6.19. The minimum atomic E-state index is -0.383. The van der Waals surface area contributed by atoms with Crippen LogP contribution in [0.15, 0.2) is 0 Å². The van der Waals surface area contributed by atoms with Gasteiger partial charge in [-0.1, -0.05) is 26.2 Å². The van der Waals surface area contributed by atoms with E-state index in [9.17, 15) is 5.11 Å². The molecule has 1 aliphatic rings. The Morgan fingerprint density at radius 1 is 1.30 bits per heavy atom. The maximum atomic E-state index is 9.90. The maximum Gasteiger partial charge on any atom is 0.0897 e. The van der Waals surface area contributed by atoms with Crippen LogP contribution < -0.4 is 5.32 Å². The fraction of sp³-hybridized carbons (Fsp3) is 1.00. The molecule has 0 bridgehead atoms. The Hall–Kier alpha value is -0.160. The Labute approximate surface area is 124 Å². The van der Waals surface area contributed by atoms with Crippen molar-refractivity contribution in [1.29, 1.82) is 0 Å². The molecule has 0 saturated heterocycles. The highest BCUT2D eigenvalue weighted by Gasteiger charge is 2.15. The Morgan fingerprint density at radius 3 is 2.65 bits per heavy atom. The van der Waals surface area contributed by atoms with Crippen LogP contribution in [0, 0.1) is 0 Å². The van der Waals surface area contributed by atoms with Gasteiger partial charge in [-0.2, -0.15) is 0 Å². The van der Waals surface area contributed by atoms with E-state index in [4.69, 9.17) is 4.74 Å². The molecular weight excluding hydrogens is 252 g/mol. The third-order valence-corrected chi connectivity index (χ3v) is 4.44. The largest absolute Gasteiger partial charge is 0.389 e. The van der Waals surface area contributed by atoms with Gasteiger partial charge in [-0.15, -0.1) is 0 Å². The van der Waals surface area contributed by atoms with Crippen LogP contribution in [-0.2, 0) is 4.74 Å². The first-order chi connectivity index (χ1) is 9.63. The second kappa shape index (κ2) is 10.6. The lowest BCUT2D eigenvalue weighted by molar-refractivity contribution is -0.0230. The highest BCUT2D eigenvalue weighted by atomic mass is 16.5. The third kappa shape index (κ3) is 7.58. The molecule has 0 radical (unpaired) electrons. The molecule has 2 unspecified atom stereocenters. The Kier molecular flexibility index (Phi) is 9.44. The summed E-state index contributed by atoms with van der Waals surface area (Å²) in [6, 6.07) is 0.622. The van der Waals surface area contributed by atoms with Crippen molar-refractivity contribution in [3.8, 4) is 0 Å². The van der Waals surface area contributed by atoms with Gasteiger partial charge in [0.05, 0.1) is 18.8 Å². The first kappa shape index (κ1) is 17.9. The molecule has 0 aromatic rings. The quantitative estimate of drug-likeness (QED) is 0.603. The predicted molar refractivity (Wildman–Crippen MR) is 84.1 cm³/mol. The van der Waals surface area contributed by atoms with E-state index in [1.165, 1.54) is 38.5 Å². The zero-order valence-electron chi connectivity index (χ0n) is 13.6. The Morgan fingerprint density at radius 2 is 2.00 bits per heavy atom. The number of aliphatic hydroxyl groups excluding tert-OH is 1. The van der Waals surface area contributed by atoms with E-state index < -0.39 is 0 Å². The summed E-state index contributed by atoms with van der Waals surface area (Å²) in [5.41, 5.74) is 0. The molecule has 120 valence electrons. The van der Waals surface area contributed by atoms with Crippen LogP contribution >= 0.6 is 0 Å². The minimum Gasteiger partial charge on any atom is -0.389 e. The lowest BCUT2D eigenvalue weighted by Crippen LogP contribution is -2.38. The number of aliphatic hydroxyl groups is 1. The van der Waals surface area contributed by atoms with E-state index in [1.807, 2.05) is 0 Å². The first-order valence-electron chi connectivity index (χ1n) is 8.34. The van der Waals surface area contributed by atoms with Gasteiger partial charge in [-0.05, 0) is 33.2 Å². The molecular formula is C16H34N2O2. The molecule has 0 aromatic carbocycles. The van der Waals surface area contributed by atoms with Crippen molar-refractivity contribution in [3.63, 3.8) is 0 Å². The van der Waals surface area contributed by atoms with Crippen LogP contribution in [0.3, 0.4) is 0 Å². The fourth-order valence-corrected chi connectivity index (χ4v) is 2.59. The molecule has 0 amide bonds. The van der Waals surface area contributed by atoms with Gasteiger partial charge in [0.1, 0.15) is 0 Å². The average molecular weight is 286 g/mol. The van der Waals surface area contributed by atoms with Crippen LogP contribution in [0.5, 0.6) is 0 Å². The normalized spacial score (nSPS) is 20.2. The second-order valence-corrected chi connectivity index (χ2v) is 6.19. The van der Waals surface area contributed by atoms with E-state index in [0.29, 0.717) is 25.3 Å². The summed E-state index contributed by atoms with van der Waals surface area (Å²) in [4.78, 5) is 2.35. The van der Waals surface area contributed by atoms with E-state index in [0.717, 1.165) is 13.1 Å². The summed E-state index contributed by atoms with van der Waals surface area (Å²) in [6.45, 7) is 7.49. The molecule has 0 spiro atoms. The molecule has 0 aromatic heterocycles. The van der Waals surface area contributed by atoms with Crippen molar-refractivity contribution in [2.75, 3.05) is 33.3 Å². The van der Waals surface area contributed by atoms with E-state index >= 15 is 0 Å². The van der Waals surface area contributed by atoms with Gasteiger partial charge in [0.2, 0.25) is 0 Å². The van der Waals surface area contributed by atoms with Gasteiger partial charge < -0.3 is 20.1 Å². The zero-order chi connectivity index (χ0) is 14.8. The van der Waals surface area contributed by atoms with Crippen LogP contribution in [0.1, 0.15) is 52.4 Å². The highest BCUT2D eigenvalue weighted by Crippen LogP contribution is 2.20. The van der Waals surface area contributed by atoms with Crippen molar-refractivity contribution in [2.24, 2.45) is 0 Å². The monoisotopic (exact) mass is 286 g/mol. The molecule has 1 saturated carbocycles. The highest BCUT2D eigenvalue weighted by molar-refractivity contribution is 4.68. The maximum absolute atomic E-state index is 9.90. The summed E-state index contributed by atoms with van der Waals surface area (Å²) in [7, 11) is 2.15. The van der Waals surface area contributed by atoms with Gasteiger partial charge in [0.15, 0.2) is 0 Å². The SMILES string of the molecule is CCC(C)N(C)CCNCC(O)COC1CCCCC1. The molecule has 1 rings (SSSR count). The van der Waals surface area contributed by atoms with Crippen molar-refractivity contribution in [2.45, 2.75) is 70.6 Å². The molecule has 20 heavy (non-hydrogen) atoms. The number of likely N-dealkylation sites (N-methyl/N-ethyl adjacent to an activating group) is 1. The lowest BCUT2D eigenvalue weighted by atomic mass is 9.98. The number of ether oxygens (including phenoxy) is 1. The Balaban J connectivity index is 1.98. The lowest BCUT2D eigenvalue weighted by Gasteiger charge is -2.25. The van der Waals surface area contributed by atoms with Gasteiger partial charge in [0, 0.05) is 25.7 Å². The summed E-state index contributed by atoms with van der Waals surface area (Å²) in [6.07, 6.45) is 7.41. The number of nitrogens with zero attached hydrogens (tertiary/aromatic N) is 1. The topological polar surface area (TPSA) is 44.7 Å². The smallest absolute Gasteiger partial charge is 0.0897 e. The zero-order valence-corrected chi connectivity index (χ0v) is 13.6. The number of nitrogens with one attached hydrogen (secondary N) is 1. The summed E-state index contributed by atoms with van der Waals surface area (Å²) in [5, 5.41) is 13.2. The third-order valence-electron chi connectivity index (χ3n) is 4.44. The van der Waals surface area contributed by atoms with Crippen molar-refractivity contribution in [3.05, 3.63) is 0 Å². The molecule has 1 fully saturated rings. The van der Waals surface area contributed by atoms with Gasteiger partial charge in [-0.3, -0.25) is 0 Å². The number of hydrogen-bond donors (Lipinski definition) is 2. The predicted octanol–water partition coefficient (Wildman–Crippen LogP) is 2.02. The molecule has 2 atom stereocenters. The van der Waals surface area contributed by atoms with Crippen LogP contribution in [0.25, 0.3) is 0 Å². The van der Waals surface area contributed by atoms with Gasteiger partial charge >= 0.3 is 0 Å². The van der Waals surface area contributed by atoms with Crippen molar-refractivity contribution in [1.82, 2.24) is 10.2 Å². The van der Waals surface area contributed by atoms with Crippen LogP contribution in [0.2, 0.25) is 0 Å². The summed E-state index contributed by atoms with van der Waals surface area (Å²) >= 11 is 0.